The molecule has 2 heterocycles. The van der Waals surface area contributed by atoms with Gasteiger partial charge in [0.2, 0.25) is 0 Å². The summed E-state index contributed by atoms with van der Waals surface area (Å²) < 4.78 is 49.3. The van der Waals surface area contributed by atoms with Gasteiger partial charge in [-0.15, -0.1) is 11.8 Å². The van der Waals surface area contributed by atoms with Crippen LogP contribution in [-0.2, 0) is 17.9 Å². The summed E-state index contributed by atoms with van der Waals surface area (Å²) in [6, 6.07) is 8.25. The van der Waals surface area contributed by atoms with E-state index in [0.29, 0.717) is 12.1 Å². The van der Waals surface area contributed by atoms with Gasteiger partial charge in [-0.2, -0.15) is 0 Å². The molecule has 3 aromatic rings. The molecule has 0 radical (unpaired) electrons. The Labute approximate surface area is 152 Å². The van der Waals surface area contributed by atoms with E-state index in [0.717, 1.165) is 4.90 Å². The Hall–Kier alpha value is -2.25. The van der Waals surface area contributed by atoms with Crippen LogP contribution in [-0.4, -0.2) is 14.8 Å². The van der Waals surface area contributed by atoms with Gasteiger partial charge in [0.05, 0.1) is 24.3 Å². The number of fused-ring (bicyclic) bond motifs is 1. The van der Waals surface area contributed by atoms with Crippen molar-refractivity contribution in [2.24, 2.45) is 0 Å². The zero-order chi connectivity index (χ0) is 18.1. The highest BCUT2D eigenvalue weighted by atomic mass is 32.2. The number of thioether (sulfide) groups is 1. The monoisotopic (exact) mass is 376 g/mol. The minimum Gasteiger partial charge on any atom is -0.367 e. The molecule has 0 N–H and O–H groups in total. The summed E-state index contributed by atoms with van der Waals surface area (Å²) in [5.41, 5.74) is 0.584. The maximum Gasteiger partial charge on any atom is 0.131 e. The van der Waals surface area contributed by atoms with Gasteiger partial charge in [0.15, 0.2) is 0 Å². The number of ether oxygens (including phenoxy) is 1. The summed E-state index contributed by atoms with van der Waals surface area (Å²) in [5, 5.41) is -0.0594. The zero-order valence-corrected chi connectivity index (χ0v) is 14.4. The molecule has 2 atom stereocenters. The van der Waals surface area contributed by atoms with Gasteiger partial charge in [0.25, 0.3) is 0 Å². The van der Waals surface area contributed by atoms with Crippen molar-refractivity contribution in [2.75, 3.05) is 0 Å². The number of halogens is 3. The van der Waals surface area contributed by atoms with Gasteiger partial charge in [0.1, 0.15) is 17.5 Å². The second-order valence-corrected chi connectivity index (χ2v) is 7.31. The fourth-order valence-corrected chi connectivity index (χ4v) is 4.43. The van der Waals surface area contributed by atoms with Gasteiger partial charge < -0.3 is 9.30 Å². The average Bonchev–Trinajstić information content (AvgIpc) is 3.23. The van der Waals surface area contributed by atoms with E-state index in [2.05, 4.69) is 4.98 Å². The number of nitrogens with zero attached hydrogens (tertiary/aromatic N) is 2. The van der Waals surface area contributed by atoms with Crippen LogP contribution in [0.15, 0.2) is 60.0 Å². The summed E-state index contributed by atoms with van der Waals surface area (Å²) >= 11 is 1.57. The van der Waals surface area contributed by atoms with Gasteiger partial charge >= 0.3 is 0 Å². The van der Waals surface area contributed by atoms with E-state index in [1.165, 1.54) is 30.3 Å². The molecule has 2 aromatic carbocycles. The first-order chi connectivity index (χ1) is 12.6. The lowest BCUT2D eigenvalue weighted by Crippen LogP contribution is -2.20. The van der Waals surface area contributed by atoms with Crippen LogP contribution in [0.2, 0.25) is 0 Å². The molecule has 0 amide bonds. The molecular weight excluding hydrogens is 361 g/mol. The van der Waals surface area contributed by atoms with E-state index in [-0.39, 0.29) is 23.2 Å². The van der Waals surface area contributed by atoms with Gasteiger partial charge in [-0.25, -0.2) is 18.2 Å². The molecule has 3 nitrogen and oxygen atoms in total. The fraction of sp³-hybridized carbons (Fsp3) is 0.211. The molecule has 1 aliphatic heterocycles. The van der Waals surface area contributed by atoms with Crippen molar-refractivity contribution in [2.45, 2.75) is 29.4 Å². The van der Waals surface area contributed by atoms with Crippen molar-refractivity contribution < 1.29 is 17.9 Å². The Morgan fingerprint density at radius 3 is 2.65 bits per heavy atom. The predicted octanol–water partition coefficient (Wildman–Crippen LogP) is 4.73. The first-order valence-corrected chi connectivity index (χ1v) is 8.96. The molecule has 26 heavy (non-hydrogen) atoms. The predicted molar refractivity (Wildman–Crippen MR) is 92.2 cm³/mol. The standard InChI is InChI=1S/C19H15F3N2OS/c20-12-4-5-17-13(8-12)19(18(26-17)9-24-7-6-23-11-24)25-10-14-15(21)2-1-3-16(14)22/h1-8,11,18-19H,9-10H2/t18-,19-/m0/s1. The van der Waals surface area contributed by atoms with Crippen LogP contribution in [0.1, 0.15) is 17.2 Å². The first kappa shape index (κ1) is 17.2. The number of imidazole rings is 1. The van der Waals surface area contributed by atoms with Crippen LogP contribution in [0.25, 0.3) is 0 Å². The Kier molecular flexibility index (Phi) is 4.74. The van der Waals surface area contributed by atoms with Crippen LogP contribution in [0.4, 0.5) is 13.2 Å². The molecule has 0 saturated heterocycles. The molecule has 0 unspecified atom stereocenters. The highest BCUT2D eigenvalue weighted by molar-refractivity contribution is 8.00. The van der Waals surface area contributed by atoms with Crippen molar-refractivity contribution in [3.63, 3.8) is 0 Å². The summed E-state index contributed by atoms with van der Waals surface area (Å²) in [7, 11) is 0. The average molecular weight is 376 g/mol. The normalized spacial score (nSPS) is 18.9. The van der Waals surface area contributed by atoms with E-state index in [1.807, 2.05) is 10.8 Å². The Morgan fingerprint density at radius 2 is 1.92 bits per heavy atom. The molecule has 1 aromatic heterocycles. The van der Waals surface area contributed by atoms with E-state index < -0.39 is 17.7 Å². The van der Waals surface area contributed by atoms with Crippen molar-refractivity contribution in [1.82, 2.24) is 9.55 Å². The first-order valence-electron chi connectivity index (χ1n) is 8.08. The largest absolute Gasteiger partial charge is 0.367 e. The van der Waals surface area contributed by atoms with E-state index in [1.54, 1.807) is 30.4 Å². The van der Waals surface area contributed by atoms with Crippen LogP contribution < -0.4 is 0 Å². The molecule has 0 fully saturated rings. The lowest BCUT2D eigenvalue weighted by molar-refractivity contribution is 0.0333. The zero-order valence-electron chi connectivity index (χ0n) is 13.6. The third-order valence-corrected chi connectivity index (χ3v) is 5.64. The summed E-state index contributed by atoms with van der Waals surface area (Å²) in [6.45, 7) is 0.367. The summed E-state index contributed by atoms with van der Waals surface area (Å²) in [5.74, 6) is -1.67. The third-order valence-electron chi connectivity index (χ3n) is 4.31. The molecule has 7 heteroatoms. The van der Waals surface area contributed by atoms with E-state index in [4.69, 9.17) is 4.74 Å². The lowest BCUT2D eigenvalue weighted by Gasteiger charge is -2.21. The minimum atomic E-state index is -0.652. The molecule has 4 rings (SSSR count). The Bertz CT molecular complexity index is 897. The van der Waals surface area contributed by atoms with E-state index in [9.17, 15) is 13.2 Å². The van der Waals surface area contributed by atoms with Crippen LogP contribution >= 0.6 is 11.8 Å². The van der Waals surface area contributed by atoms with Gasteiger partial charge in [-0.05, 0) is 35.9 Å². The minimum absolute atomic E-state index is 0.0594. The summed E-state index contributed by atoms with van der Waals surface area (Å²) in [4.78, 5) is 4.94. The second-order valence-electron chi connectivity index (χ2n) is 6.03. The molecule has 0 saturated carbocycles. The molecular formula is C19H15F3N2OS. The molecule has 0 bridgehead atoms. The molecule has 134 valence electrons. The Balaban J connectivity index is 1.60. The smallest absolute Gasteiger partial charge is 0.131 e. The number of hydrogen-bond acceptors (Lipinski definition) is 3. The fourth-order valence-electron chi connectivity index (χ4n) is 3.05. The SMILES string of the molecule is Fc1ccc2c(c1)[C@H](OCc1c(F)cccc1F)[C@H](Cn1ccnc1)S2. The van der Waals surface area contributed by atoms with Crippen molar-refractivity contribution in [3.8, 4) is 0 Å². The van der Waals surface area contributed by atoms with Gasteiger partial charge in [-0.3, -0.25) is 0 Å². The third kappa shape index (κ3) is 3.37. The summed E-state index contributed by atoms with van der Waals surface area (Å²) in [6.07, 6.45) is 4.72. The lowest BCUT2D eigenvalue weighted by atomic mass is 10.1. The molecule has 1 aliphatic rings. The van der Waals surface area contributed by atoms with Crippen molar-refractivity contribution >= 4 is 11.8 Å². The highest BCUT2D eigenvalue weighted by Gasteiger charge is 2.35. The van der Waals surface area contributed by atoms with Crippen LogP contribution in [0.3, 0.4) is 0 Å². The quantitative estimate of drug-likeness (QED) is 0.644. The number of benzene rings is 2. The van der Waals surface area contributed by atoms with Gasteiger partial charge in [-0.1, -0.05) is 6.07 Å². The molecule has 0 spiro atoms. The highest BCUT2D eigenvalue weighted by Crippen LogP contribution is 2.47. The number of hydrogen-bond donors (Lipinski definition) is 0. The van der Waals surface area contributed by atoms with E-state index >= 15 is 0 Å². The number of rotatable bonds is 5. The topological polar surface area (TPSA) is 27.1 Å². The Morgan fingerprint density at radius 1 is 1.12 bits per heavy atom. The maximum absolute atomic E-state index is 13.9. The van der Waals surface area contributed by atoms with Crippen molar-refractivity contribution in [1.29, 1.82) is 0 Å². The number of aromatic nitrogens is 2. The van der Waals surface area contributed by atoms with Crippen LogP contribution in [0.5, 0.6) is 0 Å². The van der Waals surface area contributed by atoms with Crippen molar-refractivity contribution in [3.05, 3.63) is 83.7 Å². The second kappa shape index (κ2) is 7.17. The van der Waals surface area contributed by atoms with Gasteiger partial charge in [0, 0.05) is 29.4 Å². The maximum atomic E-state index is 13.9. The van der Waals surface area contributed by atoms with Crippen LogP contribution in [0, 0.1) is 17.5 Å². The molecule has 0 aliphatic carbocycles.